The van der Waals surface area contributed by atoms with Crippen molar-refractivity contribution in [2.24, 2.45) is 0 Å². The summed E-state index contributed by atoms with van der Waals surface area (Å²) < 4.78 is 1.62. The molecular weight excluding hydrogens is 408 g/mol. The number of anilines is 2. The van der Waals surface area contributed by atoms with Crippen LogP contribution in [-0.4, -0.2) is 37.6 Å². The Hall–Kier alpha value is -3.95. The minimum absolute atomic E-state index is 0.0384. The Morgan fingerprint density at radius 3 is 2.62 bits per heavy atom. The van der Waals surface area contributed by atoms with Crippen LogP contribution in [0.15, 0.2) is 36.2 Å². The van der Waals surface area contributed by atoms with Gasteiger partial charge in [-0.15, -0.1) is 0 Å². The number of imide groups is 1. The number of carbonyl (C=O) groups excluding carboxylic acids is 2. The normalized spacial score (nSPS) is 18.0. The molecule has 2 fully saturated rings. The number of urea groups is 1. The van der Waals surface area contributed by atoms with Crippen LogP contribution in [0.5, 0.6) is 0 Å². The number of nitrogens with one attached hydrogen (secondary N) is 4. The number of benzene rings is 1. The number of hydrogen-bond acceptors (Lipinski definition) is 7. The number of aryl methyl sites for hydroxylation is 1. The lowest BCUT2D eigenvalue weighted by Crippen LogP contribution is -2.22. The van der Waals surface area contributed by atoms with E-state index in [9.17, 15) is 9.59 Å². The lowest BCUT2D eigenvalue weighted by Gasteiger charge is -2.18. The van der Waals surface area contributed by atoms with Gasteiger partial charge in [-0.3, -0.25) is 10.1 Å². The second-order valence-electron chi connectivity index (χ2n) is 8.11. The van der Waals surface area contributed by atoms with E-state index < -0.39 is 11.9 Å². The molecule has 0 radical (unpaired) electrons. The number of nitrogens with zero attached hydrogens (tertiary/aromatic N) is 4. The van der Waals surface area contributed by atoms with Gasteiger partial charge in [0.2, 0.25) is 11.9 Å². The van der Waals surface area contributed by atoms with Gasteiger partial charge in [-0.1, -0.05) is 36.8 Å². The van der Waals surface area contributed by atoms with Crippen LogP contribution in [0.2, 0.25) is 0 Å². The average Bonchev–Trinajstić information content (AvgIpc) is 3.41. The Bertz CT molecular complexity index is 1230. The molecule has 10 nitrogen and oxygen atoms in total. The van der Waals surface area contributed by atoms with E-state index in [2.05, 4.69) is 74.4 Å². The zero-order valence-electron chi connectivity index (χ0n) is 17.8. The molecule has 1 aromatic carbocycles. The fourth-order valence-electron chi connectivity index (χ4n) is 3.58. The topological polar surface area (TPSA) is 125 Å². The van der Waals surface area contributed by atoms with Gasteiger partial charge in [0.1, 0.15) is 5.70 Å². The molecule has 1 saturated heterocycles. The van der Waals surface area contributed by atoms with Crippen LogP contribution >= 0.6 is 0 Å². The van der Waals surface area contributed by atoms with E-state index in [-0.39, 0.29) is 11.7 Å². The van der Waals surface area contributed by atoms with Gasteiger partial charge in [0, 0.05) is 11.6 Å². The first-order valence-corrected chi connectivity index (χ1v) is 10.7. The first-order valence-electron chi connectivity index (χ1n) is 10.7. The molecule has 1 unspecified atom stereocenters. The summed E-state index contributed by atoms with van der Waals surface area (Å²) in [6.45, 7) is 4.17. The Morgan fingerprint density at radius 2 is 1.97 bits per heavy atom. The van der Waals surface area contributed by atoms with Gasteiger partial charge in [-0.05, 0) is 37.8 Å². The number of hydrogen-bond donors (Lipinski definition) is 4. The fourth-order valence-corrected chi connectivity index (χ4v) is 3.58. The number of fused-ring (bicyclic) bond motifs is 1. The number of amides is 3. The molecule has 3 heterocycles. The van der Waals surface area contributed by atoms with Gasteiger partial charge < -0.3 is 16.0 Å². The van der Waals surface area contributed by atoms with Crippen LogP contribution in [0.1, 0.15) is 48.9 Å². The van der Waals surface area contributed by atoms with E-state index in [1.807, 2.05) is 0 Å². The SMILES string of the molecule is CCC(Nc1nc(NC2CC2)n2ncc(/C=C3\NC(=O)NC3=O)c2n1)c1ccc(C)cc1. The van der Waals surface area contributed by atoms with Crippen molar-refractivity contribution in [3.8, 4) is 0 Å². The van der Waals surface area contributed by atoms with Crippen molar-refractivity contribution in [3.05, 3.63) is 52.8 Å². The van der Waals surface area contributed by atoms with Gasteiger partial charge in [0.15, 0.2) is 5.65 Å². The Balaban J connectivity index is 1.53. The molecule has 1 aliphatic carbocycles. The molecule has 1 saturated carbocycles. The van der Waals surface area contributed by atoms with E-state index in [0.717, 1.165) is 24.8 Å². The maximum absolute atomic E-state index is 12.0. The Morgan fingerprint density at radius 1 is 1.19 bits per heavy atom. The summed E-state index contributed by atoms with van der Waals surface area (Å²) in [6, 6.07) is 8.25. The van der Waals surface area contributed by atoms with E-state index in [4.69, 9.17) is 0 Å². The van der Waals surface area contributed by atoms with Crippen molar-refractivity contribution >= 4 is 35.6 Å². The molecule has 2 aliphatic rings. The highest BCUT2D eigenvalue weighted by Crippen LogP contribution is 2.27. The molecule has 10 heteroatoms. The third-order valence-electron chi connectivity index (χ3n) is 5.52. The zero-order chi connectivity index (χ0) is 22.2. The van der Waals surface area contributed by atoms with Crippen molar-refractivity contribution in [3.63, 3.8) is 0 Å². The highest BCUT2D eigenvalue weighted by atomic mass is 16.2. The van der Waals surface area contributed by atoms with Gasteiger partial charge in [-0.25, -0.2) is 4.79 Å². The second kappa shape index (κ2) is 7.95. The lowest BCUT2D eigenvalue weighted by atomic mass is 10.0. The summed E-state index contributed by atoms with van der Waals surface area (Å²) in [5.74, 6) is 0.569. The highest BCUT2D eigenvalue weighted by molar-refractivity contribution is 6.14. The van der Waals surface area contributed by atoms with Crippen molar-refractivity contribution in [1.29, 1.82) is 0 Å². The van der Waals surface area contributed by atoms with E-state index in [0.29, 0.717) is 29.1 Å². The minimum Gasteiger partial charge on any atom is -0.351 e. The fraction of sp³-hybridized carbons (Fsp3) is 0.318. The average molecular weight is 432 g/mol. The predicted octanol–water partition coefficient (Wildman–Crippen LogP) is 2.75. The molecule has 164 valence electrons. The van der Waals surface area contributed by atoms with Crippen LogP contribution in [0.25, 0.3) is 11.7 Å². The highest BCUT2D eigenvalue weighted by Gasteiger charge is 2.26. The minimum atomic E-state index is -0.547. The molecule has 2 aromatic heterocycles. The second-order valence-corrected chi connectivity index (χ2v) is 8.11. The van der Waals surface area contributed by atoms with Crippen molar-refractivity contribution in [2.45, 2.75) is 45.2 Å². The molecule has 32 heavy (non-hydrogen) atoms. The number of carbonyl (C=O) groups is 2. The summed E-state index contributed by atoms with van der Waals surface area (Å²) in [4.78, 5) is 32.8. The van der Waals surface area contributed by atoms with Crippen LogP contribution < -0.4 is 21.3 Å². The van der Waals surface area contributed by atoms with Gasteiger partial charge in [-0.2, -0.15) is 19.6 Å². The summed E-state index contributed by atoms with van der Waals surface area (Å²) in [5.41, 5.74) is 3.65. The smallest absolute Gasteiger partial charge is 0.326 e. The van der Waals surface area contributed by atoms with Crippen LogP contribution in [0.4, 0.5) is 16.7 Å². The van der Waals surface area contributed by atoms with Gasteiger partial charge >= 0.3 is 6.03 Å². The molecule has 0 bridgehead atoms. The first-order chi connectivity index (χ1) is 15.5. The van der Waals surface area contributed by atoms with Crippen LogP contribution in [0.3, 0.4) is 0 Å². The number of rotatable bonds is 7. The zero-order valence-corrected chi connectivity index (χ0v) is 17.8. The molecular formula is C22H24N8O2. The predicted molar refractivity (Wildman–Crippen MR) is 120 cm³/mol. The van der Waals surface area contributed by atoms with Gasteiger partial charge in [0.25, 0.3) is 5.91 Å². The first kappa shape index (κ1) is 20.0. The molecule has 0 spiro atoms. The third-order valence-corrected chi connectivity index (χ3v) is 5.52. The Labute approximate surface area is 184 Å². The summed E-state index contributed by atoms with van der Waals surface area (Å²) in [6.07, 6.45) is 6.19. The van der Waals surface area contributed by atoms with Crippen molar-refractivity contribution < 1.29 is 9.59 Å². The molecule has 3 aromatic rings. The summed E-state index contributed by atoms with van der Waals surface area (Å²) in [5, 5.41) is 15.9. The molecule has 3 amide bonds. The monoisotopic (exact) mass is 432 g/mol. The number of aromatic nitrogens is 4. The lowest BCUT2D eigenvalue weighted by molar-refractivity contribution is -0.115. The standard InChI is InChI=1S/C22H24N8O2/c1-3-16(13-6-4-12(2)5-7-13)25-20-27-18-14(10-17-19(31)28-22(32)26-17)11-23-30(18)21(29-20)24-15-8-9-15/h4-7,10-11,15-16H,3,8-9H2,1-2H3,(H2,24,25,27,29)(H2,26,28,31,32)/b17-10-. The Kier molecular flexibility index (Phi) is 4.96. The molecule has 5 rings (SSSR count). The van der Waals surface area contributed by atoms with Crippen LogP contribution in [-0.2, 0) is 4.79 Å². The summed E-state index contributed by atoms with van der Waals surface area (Å²) in [7, 11) is 0. The molecule has 4 N–H and O–H groups in total. The van der Waals surface area contributed by atoms with Gasteiger partial charge in [0.05, 0.1) is 12.2 Å². The molecule has 1 atom stereocenters. The van der Waals surface area contributed by atoms with E-state index in [1.165, 1.54) is 5.56 Å². The van der Waals surface area contributed by atoms with Crippen molar-refractivity contribution in [2.75, 3.05) is 10.6 Å². The quantitative estimate of drug-likeness (QED) is 0.334. The maximum Gasteiger partial charge on any atom is 0.326 e. The van der Waals surface area contributed by atoms with E-state index in [1.54, 1.807) is 16.8 Å². The molecule has 1 aliphatic heterocycles. The van der Waals surface area contributed by atoms with Crippen LogP contribution in [0, 0.1) is 6.92 Å². The third kappa shape index (κ3) is 3.98. The largest absolute Gasteiger partial charge is 0.351 e. The summed E-state index contributed by atoms with van der Waals surface area (Å²) >= 11 is 0. The van der Waals surface area contributed by atoms with Crippen molar-refractivity contribution in [1.82, 2.24) is 30.2 Å². The maximum atomic E-state index is 12.0. The van der Waals surface area contributed by atoms with E-state index >= 15 is 0 Å².